The molecule has 10 N–H and O–H groups in total. The molecule has 0 amide bonds. The standard InChI is InChI=1S/2C12H24BNO3.2C10H20BNO3/c2*1-5-9-7-10(14-13(4)16)8-12(9,3)11(15)17-6-2;2*1-4-7-5-8(12-11(3)15)6-10(7,2)9(13)14/h2*9-10,14,16H,5-8H2,1-4H3;2*7-8,12,15H,4-6H2,1-3H3,(H,13,14)/t2*9-,10?,12-;2*7-,8?,10-/m1010/s1. The SMILES string of the molecule is CCOC(=O)[C@@]1(C)CC(NB(C)O)C[C@@H]1CC.CCOC(=O)[C@]1(C)CC(NB(C)O)C[C@H]1CC.CC[C@@H]1CC(NB(C)O)C[C@@]1(C)C(=O)O.CC[C@H]1CC(NB(C)O)C[C@]1(C)C(=O)O. The highest BCUT2D eigenvalue weighted by Crippen LogP contribution is 2.48. The number of carboxylic acid groups (broad SMARTS) is 2. The third-order valence-corrected chi connectivity index (χ3v) is 14.9. The van der Waals surface area contributed by atoms with Gasteiger partial charge in [0, 0.05) is 0 Å². The van der Waals surface area contributed by atoms with E-state index in [1.54, 1.807) is 27.3 Å². The first-order chi connectivity index (χ1) is 29.7. The molecule has 0 aliphatic heterocycles. The van der Waals surface area contributed by atoms with E-state index in [0.29, 0.717) is 37.9 Å². The van der Waals surface area contributed by atoms with E-state index >= 15 is 0 Å². The molecule has 16 nitrogen and oxygen atoms in total. The molecule has 4 fully saturated rings. The number of carboxylic acids is 2. The molecular formula is C44H88B4N4O12. The van der Waals surface area contributed by atoms with Crippen LogP contribution in [0, 0.1) is 45.3 Å². The number of hydrogen-bond acceptors (Lipinski definition) is 14. The molecule has 20 heteroatoms. The molecule has 0 spiro atoms. The highest BCUT2D eigenvalue weighted by Gasteiger charge is 2.52. The molecule has 0 aromatic carbocycles. The number of nitrogens with one attached hydrogen (secondary N) is 4. The molecule has 12 atom stereocenters. The van der Waals surface area contributed by atoms with Gasteiger partial charge in [-0.2, -0.15) is 0 Å². The van der Waals surface area contributed by atoms with Crippen molar-refractivity contribution >= 4 is 52.1 Å². The maximum atomic E-state index is 12.1. The second kappa shape index (κ2) is 27.0. The summed E-state index contributed by atoms with van der Waals surface area (Å²) in [6.07, 6.45) is 9.91. The van der Waals surface area contributed by atoms with Crippen molar-refractivity contribution < 1.29 is 59.0 Å². The topological polar surface area (TPSA) is 256 Å². The van der Waals surface area contributed by atoms with E-state index in [2.05, 4.69) is 34.8 Å². The van der Waals surface area contributed by atoms with Gasteiger partial charge in [-0.05, 0) is 168 Å². The Morgan fingerprint density at radius 3 is 0.812 bits per heavy atom. The minimum Gasteiger partial charge on any atom is -0.481 e. The van der Waals surface area contributed by atoms with Crippen molar-refractivity contribution in [1.29, 1.82) is 0 Å². The Morgan fingerprint density at radius 2 is 0.656 bits per heavy atom. The van der Waals surface area contributed by atoms with Gasteiger partial charge in [0.1, 0.15) is 0 Å². The zero-order valence-electron chi connectivity index (χ0n) is 42.0. The molecule has 0 aromatic rings. The predicted molar refractivity (Wildman–Crippen MR) is 256 cm³/mol. The Labute approximate surface area is 387 Å². The van der Waals surface area contributed by atoms with Crippen LogP contribution in [0.4, 0.5) is 0 Å². The molecular weight excluding hydrogens is 820 g/mol. The van der Waals surface area contributed by atoms with E-state index < -0.39 is 61.8 Å². The van der Waals surface area contributed by atoms with E-state index in [0.717, 1.165) is 64.2 Å². The van der Waals surface area contributed by atoms with E-state index in [9.17, 15) is 49.5 Å². The number of carbonyl (C=O) groups excluding carboxylic acids is 2. The first kappa shape index (κ1) is 59.8. The predicted octanol–water partition coefficient (Wildman–Crippen LogP) is 4.82. The van der Waals surface area contributed by atoms with Crippen LogP contribution in [-0.4, -0.2) is 120 Å². The first-order valence-corrected chi connectivity index (χ1v) is 24.2. The number of aliphatic carboxylic acids is 2. The van der Waals surface area contributed by atoms with Crippen LogP contribution in [0.3, 0.4) is 0 Å². The summed E-state index contributed by atoms with van der Waals surface area (Å²) in [5.41, 5.74) is -2.09. The van der Waals surface area contributed by atoms with Crippen LogP contribution in [0.15, 0.2) is 0 Å². The molecule has 0 bridgehead atoms. The third kappa shape index (κ3) is 16.6. The van der Waals surface area contributed by atoms with E-state index in [4.69, 9.17) is 9.47 Å². The van der Waals surface area contributed by atoms with Crippen molar-refractivity contribution in [3.63, 3.8) is 0 Å². The summed E-state index contributed by atoms with van der Waals surface area (Å²) in [5.74, 6) is -0.565. The van der Waals surface area contributed by atoms with Gasteiger partial charge >= 0.3 is 52.1 Å². The summed E-state index contributed by atoms with van der Waals surface area (Å²) >= 11 is 0. The molecule has 0 heterocycles. The fraction of sp³-hybridized carbons (Fsp3) is 0.909. The first-order valence-electron chi connectivity index (χ1n) is 24.2. The van der Waals surface area contributed by atoms with Gasteiger partial charge in [0.05, 0.1) is 34.9 Å². The molecule has 368 valence electrons. The van der Waals surface area contributed by atoms with Gasteiger partial charge in [-0.3, -0.25) is 19.2 Å². The van der Waals surface area contributed by atoms with Gasteiger partial charge in [0.2, 0.25) is 0 Å². The van der Waals surface area contributed by atoms with Crippen LogP contribution in [0.5, 0.6) is 0 Å². The number of esters is 2. The van der Waals surface area contributed by atoms with Crippen molar-refractivity contribution in [3.05, 3.63) is 0 Å². The molecule has 0 aromatic heterocycles. The molecule has 64 heavy (non-hydrogen) atoms. The van der Waals surface area contributed by atoms with Gasteiger partial charge in [-0.25, -0.2) is 0 Å². The monoisotopic (exact) mass is 909 g/mol. The fourth-order valence-corrected chi connectivity index (χ4v) is 11.4. The maximum Gasteiger partial charge on any atom is 0.373 e. The number of ether oxygens (including phenoxy) is 2. The summed E-state index contributed by atoms with van der Waals surface area (Å²) in [6.45, 7) is 27.1. The summed E-state index contributed by atoms with van der Waals surface area (Å²) in [6, 6.07) is 0.649. The van der Waals surface area contributed by atoms with Crippen LogP contribution >= 0.6 is 0 Å². The fourth-order valence-electron chi connectivity index (χ4n) is 11.4. The largest absolute Gasteiger partial charge is 0.481 e. The van der Waals surface area contributed by atoms with Crippen LogP contribution in [0.25, 0.3) is 0 Å². The lowest BCUT2D eigenvalue weighted by molar-refractivity contribution is -0.157. The Bertz CT molecular complexity index is 1350. The number of carbonyl (C=O) groups is 4. The summed E-state index contributed by atoms with van der Waals surface area (Å²) in [7, 11) is -2.18. The second-order valence-corrected chi connectivity index (χ2v) is 20.1. The van der Waals surface area contributed by atoms with Crippen molar-refractivity contribution in [3.8, 4) is 0 Å². The van der Waals surface area contributed by atoms with Crippen LogP contribution in [0.1, 0.15) is 146 Å². The number of hydrogen-bond donors (Lipinski definition) is 10. The molecule has 4 unspecified atom stereocenters. The van der Waals surface area contributed by atoms with Crippen molar-refractivity contribution in [2.75, 3.05) is 13.2 Å². The molecule has 4 aliphatic carbocycles. The van der Waals surface area contributed by atoms with Gasteiger partial charge in [0.25, 0.3) is 0 Å². The van der Waals surface area contributed by atoms with Crippen LogP contribution in [0.2, 0.25) is 27.3 Å². The summed E-state index contributed by atoms with van der Waals surface area (Å²) in [4.78, 5) is 46.6. The Balaban J connectivity index is 0.000000427. The summed E-state index contributed by atoms with van der Waals surface area (Å²) in [5, 5.41) is 67.9. The highest BCUT2D eigenvalue weighted by atomic mass is 16.5. The Kier molecular flexibility index (Phi) is 25.2. The minimum absolute atomic E-state index is 0.0956. The third-order valence-electron chi connectivity index (χ3n) is 14.9. The van der Waals surface area contributed by atoms with Gasteiger partial charge in [-0.15, -0.1) is 0 Å². The van der Waals surface area contributed by atoms with E-state index in [1.807, 2.05) is 55.4 Å². The van der Waals surface area contributed by atoms with Crippen LogP contribution < -0.4 is 20.9 Å². The van der Waals surface area contributed by atoms with Crippen molar-refractivity contribution in [2.45, 2.75) is 198 Å². The average molecular weight is 908 g/mol. The second-order valence-electron chi connectivity index (χ2n) is 20.1. The van der Waals surface area contributed by atoms with Crippen molar-refractivity contribution in [1.82, 2.24) is 20.9 Å². The normalized spacial score (nSPS) is 33.9. The minimum atomic E-state index is -0.718. The Morgan fingerprint density at radius 1 is 0.453 bits per heavy atom. The van der Waals surface area contributed by atoms with Crippen molar-refractivity contribution in [2.24, 2.45) is 45.3 Å². The highest BCUT2D eigenvalue weighted by molar-refractivity contribution is 6.46. The summed E-state index contributed by atoms with van der Waals surface area (Å²) < 4.78 is 10.4. The van der Waals surface area contributed by atoms with Gasteiger partial charge < -0.3 is 60.7 Å². The van der Waals surface area contributed by atoms with Crippen LogP contribution in [-0.2, 0) is 28.7 Å². The molecule has 0 saturated heterocycles. The molecule has 4 saturated carbocycles. The molecule has 4 aliphatic rings. The lowest BCUT2D eigenvalue weighted by Crippen LogP contribution is -2.40. The molecule has 0 radical (unpaired) electrons. The lowest BCUT2D eigenvalue weighted by atomic mass is 9.78. The zero-order valence-corrected chi connectivity index (χ0v) is 42.0. The van der Waals surface area contributed by atoms with E-state index in [-0.39, 0.29) is 47.9 Å². The Hall–Kier alpha value is -2.18. The lowest BCUT2D eigenvalue weighted by Gasteiger charge is -2.28. The smallest absolute Gasteiger partial charge is 0.373 e. The maximum absolute atomic E-state index is 12.1. The molecule has 4 rings (SSSR count). The van der Waals surface area contributed by atoms with Gasteiger partial charge in [0.15, 0.2) is 0 Å². The number of rotatable bonds is 18. The average Bonchev–Trinajstić information content (AvgIpc) is 3.91. The van der Waals surface area contributed by atoms with Gasteiger partial charge in [-0.1, -0.05) is 53.4 Å². The quantitative estimate of drug-likeness (QED) is 0.0654. The van der Waals surface area contributed by atoms with E-state index in [1.165, 1.54) is 0 Å². The zero-order chi connectivity index (χ0) is 49.4.